The summed E-state index contributed by atoms with van der Waals surface area (Å²) >= 11 is 3.35. The molecule has 0 unspecified atom stereocenters. The standard InChI is InChI=1S/C11H12BrN3O/c12-10-1-2-11(9(7-10)8-13)14-15-3-5-16-6-4-15/h1-2,7,14H,3-6H2. The first-order valence-electron chi connectivity index (χ1n) is 5.08. The Balaban J connectivity index is 2.11. The van der Waals surface area contributed by atoms with Crippen LogP contribution in [0.25, 0.3) is 0 Å². The summed E-state index contributed by atoms with van der Waals surface area (Å²) < 4.78 is 6.17. The fourth-order valence-electron chi connectivity index (χ4n) is 1.55. The molecule has 5 heteroatoms. The van der Waals surface area contributed by atoms with E-state index in [0.717, 1.165) is 36.5 Å². The van der Waals surface area contributed by atoms with E-state index in [9.17, 15) is 0 Å². The molecule has 0 saturated carbocycles. The molecular formula is C11H12BrN3O. The van der Waals surface area contributed by atoms with Crippen molar-refractivity contribution in [1.82, 2.24) is 5.01 Å². The third-order valence-corrected chi connectivity index (χ3v) is 2.88. The molecule has 84 valence electrons. The summed E-state index contributed by atoms with van der Waals surface area (Å²) in [5, 5.41) is 11.1. The molecule has 0 bridgehead atoms. The van der Waals surface area contributed by atoms with Gasteiger partial charge in [0.25, 0.3) is 0 Å². The SMILES string of the molecule is N#Cc1cc(Br)ccc1NN1CCOCC1. The zero-order valence-electron chi connectivity index (χ0n) is 8.74. The van der Waals surface area contributed by atoms with Crippen LogP contribution in [0.4, 0.5) is 5.69 Å². The molecule has 0 aromatic heterocycles. The summed E-state index contributed by atoms with van der Waals surface area (Å²) in [6, 6.07) is 7.81. The Hall–Kier alpha value is -1.09. The molecule has 0 radical (unpaired) electrons. The van der Waals surface area contributed by atoms with Gasteiger partial charge in [0.1, 0.15) is 6.07 Å². The number of nitrogens with one attached hydrogen (secondary N) is 1. The average Bonchev–Trinajstić information content (AvgIpc) is 2.33. The van der Waals surface area contributed by atoms with Crippen molar-refractivity contribution in [2.24, 2.45) is 0 Å². The van der Waals surface area contributed by atoms with Crippen LogP contribution in [0.2, 0.25) is 0 Å². The first-order valence-corrected chi connectivity index (χ1v) is 5.88. The molecule has 4 nitrogen and oxygen atoms in total. The van der Waals surface area contributed by atoms with E-state index < -0.39 is 0 Å². The summed E-state index contributed by atoms with van der Waals surface area (Å²) in [6.07, 6.45) is 0. The molecule has 1 aromatic carbocycles. The topological polar surface area (TPSA) is 48.3 Å². The number of hydrazine groups is 1. The summed E-state index contributed by atoms with van der Waals surface area (Å²) in [5.41, 5.74) is 4.72. The predicted octanol–water partition coefficient (Wildman–Crippen LogP) is 1.98. The van der Waals surface area contributed by atoms with Crippen molar-refractivity contribution < 1.29 is 4.74 Å². The largest absolute Gasteiger partial charge is 0.379 e. The minimum Gasteiger partial charge on any atom is -0.379 e. The van der Waals surface area contributed by atoms with Gasteiger partial charge in [-0.25, -0.2) is 5.01 Å². The molecule has 2 rings (SSSR count). The lowest BCUT2D eigenvalue weighted by atomic mass is 10.2. The maximum Gasteiger partial charge on any atom is 0.101 e. The molecule has 0 atom stereocenters. The van der Waals surface area contributed by atoms with E-state index >= 15 is 0 Å². The van der Waals surface area contributed by atoms with Crippen LogP contribution in [0, 0.1) is 11.3 Å². The predicted molar refractivity (Wildman–Crippen MR) is 64.9 cm³/mol. The van der Waals surface area contributed by atoms with E-state index in [0.29, 0.717) is 5.56 Å². The molecule has 0 amide bonds. The van der Waals surface area contributed by atoms with Gasteiger partial charge in [-0.2, -0.15) is 5.26 Å². The minimum atomic E-state index is 0.640. The Morgan fingerprint density at radius 3 is 2.81 bits per heavy atom. The van der Waals surface area contributed by atoms with Gasteiger partial charge >= 0.3 is 0 Å². The number of morpholine rings is 1. The molecule has 0 spiro atoms. The van der Waals surface area contributed by atoms with Crippen LogP contribution in [0.1, 0.15) is 5.56 Å². The van der Waals surface area contributed by atoms with Gasteiger partial charge in [0.05, 0.1) is 24.5 Å². The fourth-order valence-corrected chi connectivity index (χ4v) is 1.91. The van der Waals surface area contributed by atoms with E-state index in [1.165, 1.54) is 0 Å². The van der Waals surface area contributed by atoms with Gasteiger partial charge in [-0.1, -0.05) is 15.9 Å². The number of nitrogens with zero attached hydrogens (tertiary/aromatic N) is 2. The van der Waals surface area contributed by atoms with Crippen LogP contribution in [0.15, 0.2) is 22.7 Å². The van der Waals surface area contributed by atoms with E-state index in [-0.39, 0.29) is 0 Å². The number of anilines is 1. The highest BCUT2D eigenvalue weighted by Gasteiger charge is 2.11. The van der Waals surface area contributed by atoms with E-state index in [1.54, 1.807) is 0 Å². The summed E-state index contributed by atoms with van der Waals surface area (Å²) in [6.45, 7) is 3.12. The second kappa shape index (κ2) is 5.30. The van der Waals surface area contributed by atoms with Crippen molar-refractivity contribution in [3.8, 4) is 6.07 Å². The van der Waals surface area contributed by atoms with E-state index in [4.69, 9.17) is 10.00 Å². The Morgan fingerprint density at radius 1 is 1.38 bits per heavy atom. The zero-order valence-corrected chi connectivity index (χ0v) is 10.3. The molecule has 16 heavy (non-hydrogen) atoms. The van der Waals surface area contributed by atoms with Crippen LogP contribution >= 0.6 is 15.9 Å². The van der Waals surface area contributed by atoms with Gasteiger partial charge in [0.2, 0.25) is 0 Å². The molecule has 1 aliphatic heterocycles. The highest BCUT2D eigenvalue weighted by Crippen LogP contribution is 2.20. The minimum absolute atomic E-state index is 0.640. The second-order valence-electron chi connectivity index (χ2n) is 3.51. The van der Waals surface area contributed by atoms with Gasteiger partial charge < -0.3 is 10.2 Å². The van der Waals surface area contributed by atoms with Crippen molar-refractivity contribution in [2.75, 3.05) is 31.7 Å². The summed E-state index contributed by atoms with van der Waals surface area (Å²) in [7, 11) is 0. The molecule has 1 aliphatic rings. The Labute approximate surface area is 103 Å². The van der Waals surface area contributed by atoms with Crippen LogP contribution in [0.3, 0.4) is 0 Å². The molecule has 0 aliphatic carbocycles. The number of benzene rings is 1. The Bertz CT molecular complexity index is 410. The van der Waals surface area contributed by atoms with E-state index in [2.05, 4.69) is 32.4 Å². The number of rotatable bonds is 2. The molecular weight excluding hydrogens is 270 g/mol. The quantitative estimate of drug-likeness (QED) is 0.901. The normalized spacial score (nSPS) is 16.8. The van der Waals surface area contributed by atoms with Gasteiger partial charge in [0.15, 0.2) is 0 Å². The summed E-state index contributed by atoms with van der Waals surface area (Å²) in [5.74, 6) is 0. The average molecular weight is 282 g/mol. The highest BCUT2D eigenvalue weighted by atomic mass is 79.9. The molecule has 1 N–H and O–H groups in total. The van der Waals surface area contributed by atoms with Crippen molar-refractivity contribution in [3.63, 3.8) is 0 Å². The number of hydrogen-bond acceptors (Lipinski definition) is 4. The molecule has 1 aromatic rings. The number of halogens is 1. The van der Waals surface area contributed by atoms with Crippen molar-refractivity contribution in [3.05, 3.63) is 28.2 Å². The Morgan fingerprint density at radius 2 is 2.12 bits per heavy atom. The number of ether oxygens (including phenoxy) is 1. The maximum atomic E-state index is 9.02. The van der Waals surface area contributed by atoms with Crippen molar-refractivity contribution in [2.45, 2.75) is 0 Å². The van der Waals surface area contributed by atoms with Gasteiger partial charge in [0, 0.05) is 17.6 Å². The lowest BCUT2D eigenvalue weighted by Crippen LogP contribution is -2.40. The van der Waals surface area contributed by atoms with Gasteiger partial charge in [-0.05, 0) is 18.2 Å². The smallest absolute Gasteiger partial charge is 0.101 e. The Kier molecular flexibility index (Phi) is 3.78. The fraction of sp³-hybridized carbons (Fsp3) is 0.364. The number of nitriles is 1. The molecule has 1 fully saturated rings. The third kappa shape index (κ3) is 2.73. The van der Waals surface area contributed by atoms with Gasteiger partial charge in [-0.15, -0.1) is 0 Å². The van der Waals surface area contributed by atoms with Gasteiger partial charge in [-0.3, -0.25) is 0 Å². The van der Waals surface area contributed by atoms with E-state index in [1.807, 2.05) is 18.2 Å². The maximum absolute atomic E-state index is 9.02. The van der Waals surface area contributed by atoms with Crippen LogP contribution < -0.4 is 5.43 Å². The van der Waals surface area contributed by atoms with Crippen LogP contribution in [-0.2, 0) is 4.74 Å². The first kappa shape index (κ1) is 11.4. The highest BCUT2D eigenvalue weighted by molar-refractivity contribution is 9.10. The monoisotopic (exact) mass is 281 g/mol. The lowest BCUT2D eigenvalue weighted by molar-refractivity contribution is 0.0497. The summed E-state index contributed by atoms with van der Waals surface area (Å²) in [4.78, 5) is 0. The first-order chi connectivity index (χ1) is 7.79. The third-order valence-electron chi connectivity index (χ3n) is 2.39. The lowest BCUT2D eigenvalue weighted by Gasteiger charge is -2.28. The number of hydrogen-bond donors (Lipinski definition) is 1. The van der Waals surface area contributed by atoms with Crippen LogP contribution in [-0.4, -0.2) is 31.3 Å². The molecule has 1 heterocycles. The molecule has 1 saturated heterocycles. The second-order valence-corrected chi connectivity index (χ2v) is 4.43. The van der Waals surface area contributed by atoms with Crippen LogP contribution in [0.5, 0.6) is 0 Å². The zero-order chi connectivity index (χ0) is 11.4. The van der Waals surface area contributed by atoms with Crippen molar-refractivity contribution in [1.29, 1.82) is 5.26 Å². The van der Waals surface area contributed by atoms with Crippen molar-refractivity contribution >= 4 is 21.6 Å².